The highest BCUT2D eigenvalue weighted by molar-refractivity contribution is 5.52. The third kappa shape index (κ3) is 1.88. The number of nitro groups is 1. The van der Waals surface area contributed by atoms with Crippen LogP contribution in [0, 0.1) is 28.4 Å². The smallest absolute Gasteiger partial charge is 0.258 e. The zero-order chi connectivity index (χ0) is 11.6. The summed E-state index contributed by atoms with van der Waals surface area (Å²) in [6.45, 7) is 1.29. The molecule has 0 aliphatic heterocycles. The van der Waals surface area contributed by atoms with Crippen LogP contribution in [0.4, 0.5) is 14.5 Å². The number of nitrogens with zero attached hydrogens (tertiary/aromatic N) is 3. The maximum Gasteiger partial charge on any atom is 0.285 e. The van der Waals surface area contributed by atoms with Gasteiger partial charge in [-0.1, -0.05) is 0 Å². The van der Waals surface area contributed by atoms with Crippen molar-refractivity contribution >= 4 is 5.69 Å². The van der Waals surface area contributed by atoms with Crippen LogP contribution >= 0.6 is 0 Å². The second-order valence-corrected chi connectivity index (χ2v) is 2.72. The predicted octanol–water partition coefficient (Wildman–Crippen LogP) is 2.11. The van der Waals surface area contributed by atoms with Crippen LogP contribution in [0.3, 0.4) is 0 Å². The Labute approximate surface area is 83.1 Å². The lowest BCUT2D eigenvalue weighted by Gasteiger charge is -2.04. The number of rotatable bonds is 2. The minimum absolute atomic E-state index is 0.00861. The fourth-order valence-electron chi connectivity index (χ4n) is 1.15. The molecule has 0 unspecified atom stereocenters. The Morgan fingerprint density at radius 2 is 2.27 bits per heavy atom. The Balaban J connectivity index is 3.60. The van der Waals surface area contributed by atoms with Crippen LogP contribution < -0.4 is 0 Å². The van der Waals surface area contributed by atoms with Crippen LogP contribution in [0.15, 0.2) is 6.20 Å². The molecule has 15 heavy (non-hydrogen) atoms. The summed E-state index contributed by atoms with van der Waals surface area (Å²) in [7, 11) is 0. The lowest BCUT2D eigenvalue weighted by Crippen LogP contribution is -2.03. The van der Waals surface area contributed by atoms with E-state index >= 15 is 0 Å². The van der Waals surface area contributed by atoms with Crippen LogP contribution in [0.25, 0.3) is 0 Å². The van der Waals surface area contributed by atoms with E-state index in [9.17, 15) is 18.9 Å². The number of hydrogen-bond acceptors (Lipinski definition) is 4. The average Bonchev–Trinajstić information content (AvgIpc) is 2.16. The Hall–Kier alpha value is -2.10. The molecule has 0 fully saturated rings. The van der Waals surface area contributed by atoms with E-state index < -0.39 is 28.3 Å². The third-order valence-corrected chi connectivity index (χ3v) is 1.78. The highest BCUT2D eigenvalue weighted by atomic mass is 19.3. The van der Waals surface area contributed by atoms with Gasteiger partial charge in [-0.15, -0.1) is 0 Å². The van der Waals surface area contributed by atoms with Crippen LogP contribution in [0.5, 0.6) is 0 Å². The van der Waals surface area contributed by atoms with E-state index in [-0.39, 0.29) is 5.56 Å². The van der Waals surface area contributed by atoms with Crippen molar-refractivity contribution in [1.29, 1.82) is 5.26 Å². The molecule has 0 atom stereocenters. The van der Waals surface area contributed by atoms with E-state index in [1.54, 1.807) is 0 Å². The van der Waals surface area contributed by atoms with Gasteiger partial charge >= 0.3 is 0 Å². The van der Waals surface area contributed by atoms with E-state index in [1.165, 1.54) is 13.0 Å². The maximum absolute atomic E-state index is 12.5. The molecule has 78 valence electrons. The largest absolute Gasteiger partial charge is 0.285 e. The first-order chi connectivity index (χ1) is 6.99. The highest BCUT2D eigenvalue weighted by Crippen LogP contribution is 2.32. The van der Waals surface area contributed by atoms with E-state index in [0.29, 0.717) is 0 Å². The summed E-state index contributed by atoms with van der Waals surface area (Å²) >= 11 is 0. The number of hydrogen-bond donors (Lipinski definition) is 0. The molecule has 0 saturated heterocycles. The summed E-state index contributed by atoms with van der Waals surface area (Å²) < 4.78 is 25.0. The van der Waals surface area contributed by atoms with Gasteiger partial charge in [0.05, 0.1) is 4.92 Å². The fraction of sp³-hybridized carbons (Fsp3) is 0.250. The molecule has 1 aromatic heterocycles. The van der Waals surface area contributed by atoms with E-state index in [1.807, 2.05) is 0 Å². The molecule has 0 aliphatic rings. The Bertz CT molecular complexity index is 454. The quantitative estimate of drug-likeness (QED) is 0.556. The lowest BCUT2D eigenvalue weighted by molar-refractivity contribution is -0.386. The van der Waals surface area contributed by atoms with Gasteiger partial charge < -0.3 is 0 Å². The summed E-state index contributed by atoms with van der Waals surface area (Å²) in [6.07, 6.45) is -2.06. The van der Waals surface area contributed by atoms with Gasteiger partial charge in [-0.05, 0) is 6.92 Å². The average molecular weight is 213 g/mol. The third-order valence-electron chi connectivity index (χ3n) is 1.78. The predicted molar refractivity (Wildman–Crippen MR) is 45.3 cm³/mol. The Morgan fingerprint density at radius 3 is 2.67 bits per heavy atom. The Morgan fingerprint density at radius 1 is 1.67 bits per heavy atom. The normalized spacial score (nSPS) is 10.1. The van der Waals surface area contributed by atoms with Gasteiger partial charge in [-0.2, -0.15) is 5.26 Å². The summed E-state index contributed by atoms with van der Waals surface area (Å²) in [6, 6.07) is 1.40. The van der Waals surface area contributed by atoms with Crippen molar-refractivity contribution in [2.24, 2.45) is 0 Å². The van der Waals surface area contributed by atoms with Crippen molar-refractivity contribution in [3.63, 3.8) is 0 Å². The molecule has 0 spiro atoms. The molecule has 1 aromatic rings. The second kappa shape index (κ2) is 3.96. The molecular formula is C8H5F2N3O2. The summed E-state index contributed by atoms with van der Waals surface area (Å²) in [4.78, 5) is 13.0. The zero-order valence-corrected chi connectivity index (χ0v) is 7.57. The molecule has 7 heteroatoms. The van der Waals surface area contributed by atoms with Gasteiger partial charge in [-0.3, -0.25) is 10.1 Å². The molecular weight excluding hydrogens is 208 g/mol. The summed E-state index contributed by atoms with van der Waals surface area (Å²) in [5.74, 6) is 0. The van der Waals surface area contributed by atoms with Gasteiger partial charge in [0.25, 0.3) is 12.1 Å². The van der Waals surface area contributed by atoms with Gasteiger partial charge in [0.2, 0.25) is 0 Å². The molecule has 0 saturated carbocycles. The molecule has 1 rings (SSSR count). The number of aryl methyl sites for hydroxylation is 1. The molecule has 1 heterocycles. The van der Waals surface area contributed by atoms with Crippen LogP contribution in [0.2, 0.25) is 0 Å². The van der Waals surface area contributed by atoms with Crippen LogP contribution in [0.1, 0.15) is 23.2 Å². The highest BCUT2D eigenvalue weighted by Gasteiger charge is 2.28. The van der Waals surface area contributed by atoms with E-state index in [4.69, 9.17) is 5.26 Å². The molecule has 0 amide bonds. The van der Waals surface area contributed by atoms with Gasteiger partial charge in [0.15, 0.2) is 5.69 Å². The van der Waals surface area contributed by atoms with Crippen molar-refractivity contribution in [2.75, 3.05) is 0 Å². The number of pyridine rings is 1. The van der Waals surface area contributed by atoms with Crippen LogP contribution in [-0.2, 0) is 0 Å². The lowest BCUT2D eigenvalue weighted by atomic mass is 10.1. The molecule has 0 N–H and O–H groups in total. The van der Waals surface area contributed by atoms with Gasteiger partial charge in [0, 0.05) is 11.8 Å². The fourth-order valence-corrected chi connectivity index (χ4v) is 1.15. The number of aromatic nitrogens is 1. The van der Waals surface area contributed by atoms with Crippen LogP contribution in [-0.4, -0.2) is 9.91 Å². The van der Waals surface area contributed by atoms with Crippen molar-refractivity contribution < 1.29 is 13.7 Å². The monoisotopic (exact) mass is 213 g/mol. The van der Waals surface area contributed by atoms with E-state index in [2.05, 4.69) is 4.98 Å². The first-order valence-electron chi connectivity index (χ1n) is 3.81. The topological polar surface area (TPSA) is 79.8 Å². The standard InChI is InChI=1S/C8H5F2N3O2/c1-4-3-12-5(2-11)6(8(9)10)7(4)13(14)15/h3,8H,1H3. The number of halogens is 2. The first-order valence-corrected chi connectivity index (χ1v) is 3.81. The number of alkyl halides is 2. The molecule has 0 aliphatic carbocycles. The van der Waals surface area contributed by atoms with Crippen molar-refractivity contribution in [3.8, 4) is 6.07 Å². The van der Waals surface area contributed by atoms with Crippen molar-refractivity contribution in [1.82, 2.24) is 4.98 Å². The second-order valence-electron chi connectivity index (χ2n) is 2.72. The minimum Gasteiger partial charge on any atom is -0.258 e. The molecule has 0 bridgehead atoms. The molecule has 0 aromatic carbocycles. The van der Waals surface area contributed by atoms with Crippen molar-refractivity contribution in [2.45, 2.75) is 13.3 Å². The summed E-state index contributed by atoms with van der Waals surface area (Å²) in [5, 5.41) is 19.0. The zero-order valence-electron chi connectivity index (χ0n) is 7.57. The molecule has 5 nitrogen and oxygen atoms in total. The number of nitriles is 1. The van der Waals surface area contributed by atoms with Crippen molar-refractivity contribution in [3.05, 3.63) is 33.1 Å². The first kappa shape index (κ1) is 11.0. The molecule has 0 radical (unpaired) electrons. The minimum atomic E-state index is -3.09. The van der Waals surface area contributed by atoms with Gasteiger partial charge in [0.1, 0.15) is 11.6 Å². The summed E-state index contributed by atoms with van der Waals surface area (Å²) in [5.41, 5.74) is -2.25. The maximum atomic E-state index is 12.5. The van der Waals surface area contributed by atoms with E-state index in [0.717, 1.165) is 6.20 Å². The SMILES string of the molecule is Cc1cnc(C#N)c(C(F)F)c1[N+](=O)[O-]. The van der Waals surface area contributed by atoms with Gasteiger partial charge in [-0.25, -0.2) is 13.8 Å². The Kier molecular flexibility index (Phi) is 2.90.